The van der Waals surface area contributed by atoms with Crippen molar-refractivity contribution in [3.63, 3.8) is 0 Å². The van der Waals surface area contributed by atoms with E-state index in [1.807, 2.05) is 0 Å². The van der Waals surface area contributed by atoms with Crippen LogP contribution < -0.4 is 0 Å². The molecule has 1 aliphatic carbocycles. The minimum atomic E-state index is 0.807. The van der Waals surface area contributed by atoms with Crippen LogP contribution in [-0.4, -0.2) is 31.7 Å². The van der Waals surface area contributed by atoms with Crippen LogP contribution in [0, 0.1) is 0 Å². The zero-order valence-corrected chi connectivity index (χ0v) is 8.70. The summed E-state index contributed by atoms with van der Waals surface area (Å²) in [5, 5.41) is 0. The van der Waals surface area contributed by atoms with Gasteiger partial charge >= 0.3 is 0 Å². The molecule has 0 aromatic heterocycles. The molecule has 0 heterocycles. The summed E-state index contributed by atoms with van der Waals surface area (Å²) in [6, 6.07) is 11.7. The molecule has 0 N–H and O–H groups in total. The number of nitrogens with zero attached hydrogens (tertiary/aromatic N) is 1. The van der Waals surface area contributed by atoms with Gasteiger partial charge in [0, 0.05) is 12.3 Å². The van der Waals surface area contributed by atoms with E-state index in [1.165, 1.54) is 12.0 Å². The van der Waals surface area contributed by atoms with Gasteiger partial charge in [0.25, 0.3) is 0 Å². The van der Waals surface area contributed by atoms with Crippen molar-refractivity contribution in [3.8, 4) is 0 Å². The molecule has 2 unspecified atom stereocenters. The molecule has 0 amide bonds. The van der Waals surface area contributed by atoms with E-state index in [9.17, 15) is 0 Å². The molecule has 1 aliphatic rings. The Bertz CT molecular complexity index is 284. The topological polar surface area (TPSA) is 0 Å². The molecule has 0 spiro atoms. The molecular weight excluding hydrogens is 158 g/mol. The normalized spacial score (nSPS) is 27.3. The van der Waals surface area contributed by atoms with Crippen LogP contribution >= 0.6 is 0 Å². The molecule has 0 bridgehead atoms. The summed E-state index contributed by atoms with van der Waals surface area (Å²) in [5.41, 5.74) is 1.51. The molecule has 70 valence electrons. The molecule has 2 rings (SSSR count). The Balaban J connectivity index is 2.09. The van der Waals surface area contributed by atoms with Crippen molar-refractivity contribution < 1.29 is 4.48 Å². The van der Waals surface area contributed by atoms with Gasteiger partial charge in [0.2, 0.25) is 0 Å². The molecule has 0 aliphatic heterocycles. The summed E-state index contributed by atoms with van der Waals surface area (Å²) >= 11 is 0. The largest absolute Gasteiger partial charge is 0.328 e. The van der Waals surface area contributed by atoms with E-state index < -0.39 is 0 Å². The smallest absolute Gasteiger partial charge is 0.0964 e. The average molecular weight is 176 g/mol. The van der Waals surface area contributed by atoms with Gasteiger partial charge in [-0.05, 0) is 5.56 Å². The maximum Gasteiger partial charge on any atom is 0.0964 e. The van der Waals surface area contributed by atoms with E-state index in [-0.39, 0.29) is 0 Å². The Morgan fingerprint density at radius 3 is 2.15 bits per heavy atom. The van der Waals surface area contributed by atoms with Crippen LogP contribution in [0.3, 0.4) is 0 Å². The second-order valence-electron chi connectivity index (χ2n) is 4.94. The molecule has 1 heteroatoms. The Labute approximate surface area is 80.6 Å². The SMILES string of the molecule is C[N+](C)(C)C1CC1c1ccccc1. The molecule has 13 heavy (non-hydrogen) atoms. The molecule has 1 aromatic rings. The van der Waals surface area contributed by atoms with Crippen molar-refractivity contribution in [2.45, 2.75) is 18.4 Å². The summed E-state index contributed by atoms with van der Waals surface area (Å²) < 4.78 is 1.10. The number of likely N-dealkylation sites (N-methyl/N-ethyl adjacent to an activating group) is 1. The fraction of sp³-hybridized carbons (Fsp3) is 0.500. The van der Waals surface area contributed by atoms with Gasteiger partial charge in [0.15, 0.2) is 0 Å². The van der Waals surface area contributed by atoms with Gasteiger partial charge in [0.1, 0.15) is 0 Å². The van der Waals surface area contributed by atoms with Crippen LogP contribution in [0.25, 0.3) is 0 Å². The van der Waals surface area contributed by atoms with E-state index in [0.29, 0.717) is 0 Å². The predicted octanol–water partition coefficient (Wildman–Crippen LogP) is 2.25. The highest BCUT2D eigenvalue weighted by Crippen LogP contribution is 2.45. The van der Waals surface area contributed by atoms with Crippen molar-refractivity contribution >= 4 is 0 Å². The lowest BCUT2D eigenvalue weighted by atomic mass is 10.1. The number of hydrogen-bond acceptors (Lipinski definition) is 0. The molecule has 0 saturated heterocycles. The van der Waals surface area contributed by atoms with E-state index in [0.717, 1.165) is 16.4 Å². The van der Waals surface area contributed by atoms with Crippen molar-refractivity contribution in [1.29, 1.82) is 0 Å². The fourth-order valence-electron chi connectivity index (χ4n) is 2.10. The van der Waals surface area contributed by atoms with Crippen molar-refractivity contribution in [1.82, 2.24) is 0 Å². The summed E-state index contributed by atoms with van der Waals surface area (Å²) in [4.78, 5) is 0. The van der Waals surface area contributed by atoms with Gasteiger partial charge in [-0.2, -0.15) is 0 Å². The van der Waals surface area contributed by atoms with Gasteiger partial charge in [-0.1, -0.05) is 30.3 Å². The van der Waals surface area contributed by atoms with E-state index in [2.05, 4.69) is 51.5 Å². The van der Waals surface area contributed by atoms with Crippen molar-refractivity contribution in [3.05, 3.63) is 35.9 Å². The minimum absolute atomic E-state index is 0.807. The minimum Gasteiger partial charge on any atom is -0.328 e. The Hall–Kier alpha value is -0.820. The van der Waals surface area contributed by atoms with Crippen LogP contribution in [0.2, 0.25) is 0 Å². The summed E-state index contributed by atoms with van der Waals surface area (Å²) in [6.45, 7) is 0. The van der Waals surface area contributed by atoms with Crippen molar-refractivity contribution in [2.75, 3.05) is 21.1 Å². The maximum atomic E-state index is 2.29. The standard InChI is InChI=1S/C12H18N/c1-13(2,3)12-9-11(12)10-7-5-4-6-8-10/h4-8,11-12H,9H2,1-3H3/q+1. The molecular formula is C12H18N+. The highest BCUT2D eigenvalue weighted by molar-refractivity contribution is 5.26. The molecule has 1 fully saturated rings. The van der Waals surface area contributed by atoms with Crippen LogP contribution in [0.4, 0.5) is 0 Å². The Kier molecular flexibility index (Phi) is 1.92. The monoisotopic (exact) mass is 176 g/mol. The first-order valence-electron chi connectivity index (χ1n) is 4.95. The molecule has 1 nitrogen and oxygen atoms in total. The first-order chi connectivity index (χ1) is 6.09. The second kappa shape index (κ2) is 2.85. The van der Waals surface area contributed by atoms with Gasteiger partial charge < -0.3 is 4.48 Å². The third kappa shape index (κ3) is 1.75. The lowest BCUT2D eigenvalue weighted by Gasteiger charge is -2.24. The third-order valence-corrected chi connectivity index (χ3v) is 2.98. The number of hydrogen-bond donors (Lipinski definition) is 0. The van der Waals surface area contributed by atoms with Crippen LogP contribution in [-0.2, 0) is 0 Å². The van der Waals surface area contributed by atoms with E-state index in [4.69, 9.17) is 0 Å². The summed E-state index contributed by atoms with van der Waals surface area (Å²) in [7, 11) is 6.86. The van der Waals surface area contributed by atoms with Gasteiger partial charge in [-0.25, -0.2) is 0 Å². The number of rotatable bonds is 2. The van der Waals surface area contributed by atoms with E-state index >= 15 is 0 Å². The van der Waals surface area contributed by atoms with Crippen LogP contribution in [0.1, 0.15) is 17.9 Å². The molecule has 0 radical (unpaired) electrons. The van der Waals surface area contributed by atoms with Crippen molar-refractivity contribution in [2.24, 2.45) is 0 Å². The Morgan fingerprint density at radius 1 is 1.08 bits per heavy atom. The average Bonchev–Trinajstić information content (AvgIpc) is 2.83. The number of benzene rings is 1. The summed E-state index contributed by atoms with van der Waals surface area (Å²) in [5.74, 6) is 0.807. The summed E-state index contributed by atoms with van der Waals surface area (Å²) in [6.07, 6.45) is 1.35. The lowest BCUT2D eigenvalue weighted by molar-refractivity contribution is -0.882. The first kappa shape index (κ1) is 8.76. The molecule has 1 aromatic carbocycles. The van der Waals surface area contributed by atoms with E-state index in [1.54, 1.807) is 0 Å². The maximum absolute atomic E-state index is 2.29. The van der Waals surface area contributed by atoms with Crippen LogP contribution in [0.15, 0.2) is 30.3 Å². The first-order valence-corrected chi connectivity index (χ1v) is 4.95. The molecule has 2 atom stereocenters. The lowest BCUT2D eigenvalue weighted by Crippen LogP contribution is -2.37. The zero-order valence-electron chi connectivity index (χ0n) is 8.70. The number of quaternary nitrogens is 1. The Morgan fingerprint density at radius 2 is 1.69 bits per heavy atom. The highest BCUT2D eigenvalue weighted by Gasteiger charge is 2.48. The van der Waals surface area contributed by atoms with Gasteiger partial charge in [-0.3, -0.25) is 0 Å². The quantitative estimate of drug-likeness (QED) is 0.606. The fourth-order valence-corrected chi connectivity index (χ4v) is 2.10. The van der Waals surface area contributed by atoms with Gasteiger partial charge in [-0.15, -0.1) is 0 Å². The predicted molar refractivity (Wildman–Crippen MR) is 55.6 cm³/mol. The molecule has 1 saturated carbocycles. The second-order valence-corrected chi connectivity index (χ2v) is 4.94. The third-order valence-electron chi connectivity index (χ3n) is 2.98. The highest BCUT2D eigenvalue weighted by atomic mass is 15.3. The van der Waals surface area contributed by atoms with Crippen LogP contribution in [0.5, 0.6) is 0 Å². The zero-order chi connectivity index (χ0) is 9.47. The van der Waals surface area contributed by atoms with Gasteiger partial charge in [0.05, 0.1) is 27.2 Å².